The molecule has 1 aromatic carbocycles. The first-order chi connectivity index (χ1) is 8.76. The lowest BCUT2D eigenvalue weighted by atomic mass is 10.1. The zero-order valence-corrected chi connectivity index (χ0v) is 10.6. The van der Waals surface area contributed by atoms with Crippen LogP contribution in [0.3, 0.4) is 0 Å². The van der Waals surface area contributed by atoms with Crippen molar-refractivity contribution in [3.05, 3.63) is 23.8 Å². The minimum absolute atomic E-state index is 0.000692. The van der Waals surface area contributed by atoms with Crippen molar-refractivity contribution in [3.63, 3.8) is 0 Å². The normalized spacial score (nSPS) is 15.3. The average molecular weight is 251 g/mol. The van der Waals surface area contributed by atoms with E-state index < -0.39 is 0 Å². The van der Waals surface area contributed by atoms with Crippen molar-refractivity contribution in [2.75, 3.05) is 40.5 Å². The number of hydrogen-bond acceptors (Lipinski definition) is 4. The highest BCUT2D eigenvalue weighted by molar-refractivity contribution is 5.95. The number of carbonyl (C=O) groups excluding carboxylic acids is 1. The van der Waals surface area contributed by atoms with E-state index in [-0.39, 0.29) is 5.91 Å². The maximum atomic E-state index is 12.2. The second kappa shape index (κ2) is 5.73. The van der Waals surface area contributed by atoms with Crippen LogP contribution in [-0.2, 0) is 4.74 Å². The topological polar surface area (TPSA) is 48.0 Å². The van der Waals surface area contributed by atoms with E-state index in [0.29, 0.717) is 43.4 Å². The van der Waals surface area contributed by atoms with Crippen molar-refractivity contribution < 1.29 is 19.0 Å². The van der Waals surface area contributed by atoms with Crippen molar-refractivity contribution in [2.24, 2.45) is 0 Å². The van der Waals surface area contributed by atoms with Gasteiger partial charge in [-0.3, -0.25) is 4.79 Å². The summed E-state index contributed by atoms with van der Waals surface area (Å²) in [5, 5.41) is 0. The van der Waals surface area contributed by atoms with Crippen molar-refractivity contribution in [1.29, 1.82) is 0 Å². The SMILES string of the molecule is COc1ccc(C(=O)N2CCOCC2)cc1OC. The molecule has 0 aromatic heterocycles. The lowest BCUT2D eigenvalue weighted by Crippen LogP contribution is -2.40. The van der Waals surface area contributed by atoms with Crippen LogP contribution in [0.4, 0.5) is 0 Å². The van der Waals surface area contributed by atoms with Crippen LogP contribution in [0, 0.1) is 0 Å². The Morgan fingerprint density at radius 1 is 1.17 bits per heavy atom. The first kappa shape index (κ1) is 12.7. The van der Waals surface area contributed by atoms with E-state index in [1.807, 2.05) is 0 Å². The van der Waals surface area contributed by atoms with Crippen LogP contribution >= 0.6 is 0 Å². The van der Waals surface area contributed by atoms with Gasteiger partial charge >= 0.3 is 0 Å². The minimum atomic E-state index is -0.000692. The smallest absolute Gasteiger partial charge is 0.254 e. The summed E-state index contributed by atoms with van der Waals surface area (Å²) in [6.07, 6.45) is 0. The molecule has 1 saturated heterocycles. The molecule has 0 atom stereocenters. The van der Waals surface area contributed by atoms with Gasteiger partial charge in [-0.1, -0.05) is 0 Å². The summed E-state index contributed by atoms with van der Waals surface area (Å²) < 4.78 is 15.6. The molecule has 0 N–H and O–H groups in total. The number of nitrogens with zero attached hydrogens (tertiary/aromatic N) is 1. The average Bonchev–Trinajstić information content (AvgIpc) is 2.46. The predicted octanol–water partition coefficient (Wildman–Crippen LogP) is 1.18. The Hall–Kier alpha value is -1.75. The standard InChI is InChI=1S/C13H17NO4/c1-16-11-4-3-10(9-12(11)17-2)13(15)14-5-7-18-8-6-14/h3-4,9H,5-8H2,1-2H3. The van der Waals surface area contributed by atoms with Gasteiger partial charge in [-0.05, 0) is 18.2 Å². The number of rotatable bonds is 3. The van der Waals surface area contributed by atoms with E-state index in [0.717, 1.165) is 0 Å². The molecule has 98 valence electrons. The van der Waals surface area contributed by atoms with Crippen LogP contribution in [0.25, 0.3) is 0 Å². The molecule has 0 spiro atoms. The molecule has 1 aliphatic heterocycles. The molecule has 1 aromatic rings. The summed E-state index contributed by atoms with van der Waals surface area (Å²) in [6, 6.07) is 5.20. The van der Waals surface area contributed by atoms with Crippen molar-refractivity contribution >= 4 is 5.91 Å². The van der Waals surface area contributed by atoms with Crippen molar-refractivity contribution in [1.82, 2.24) is 4.90 Å². The zero-order chi connectivity index (χ0) is 13.0. The molecule has 1 aliphatic rings. The summed E-state index contributed by atoms with van der Waals surface area (Å²) in [5.41, 5.74) is 0.606. The van der Waals surface area contributed by atoms with Crippen LogP contribution in [0.1, 0.15) is 10.4 Å². The summed E-state index contributed by atoms with van der Waals surface area (Å²) in [7, 11) is 3.13. The van der Waals surface area contributed by atoms with Gasteiger partial charge in [-0.2, -0.15) is 0 Å². The summed E-state index contributed by atoms with van der Waals surface area (Å²) in [4.78, 5) is 14.0. The number of hydrogen-bond donors (Lipinski definition) is 0. The number of benzene rings is 1. The van der Waals surface area contributed by atoms with E-state index in [1.165, 1.54) is 0 Å². The van der Waals surface area contributed by atoms with Crippen molar-refractivity contribution in [2.45, 2.75) is 0 Å². The van der Waals surface area contributed by atoms with Crippen LogP contribution < -0.4 is 9.47 Å². The summed E-state index contributed by atoms with van der Waals surface area (Å²) in [5.74, 6) is 1.19. The molecule has 0 bridgehead atoms. The third-order valence-corrected chi connectivity index (χ3v) is 2.93. The maximum absolute atomic E-state index is 12.2. The first-order valence-electron chi connectivity index (χ1n) is 5.85. The Kier molecular flexibility index (Phi) is 4.04. The van der Waals surface area contributed by atoms with Crippen LogP contribution in [-0.4, -0.2) is 51.3 Å². The fourth-order valence-electron chi connectivity index (χ4n) is 1.92. The molecule has 0 unspecified atom stereocenters. The molecule has 0 saturated carbocycles. The molecular weight excluding hydrogens is 234 g/mol. The number of amides is 1. The molecule has 1 fully saturated rings. The van der Waals surface area contributed by atoms with Gasteiger partial charge in [0.15, 0.2) is 11.5 Å². The Morgan fingerprint density at radius 2 is 1.83 bits per heavy atom. The third kappa shape index (κ3) is 2.56. The fourth-order valence-corrected chi connectivity index (χ4v) is 1.92. The second-order valence-electron chi connectivity index (χ2n) is 3.97. The highest BCUT2D eigenvalue weighted by Gasteiger charge is 2.19. The van der Waals surface area contributed by atoms with E-state index in [9.17, 15) is 4.79 Å². The van der Waals surface area contributed by atoms with E-state index in [2.05, 4.69) is 0 Å². The Labute approximate surface area is 106 Å². The third-order valence-electron chi connectivity index (χ3n) is 2.93. The molecule has 1 heterocycles. The van der Waals surface area contributed by atoms with Gasteiger partial charge in [0.25, 0.3) is 5.91 Å². The molecule has 5 nitrogen and oxygen atoms in total. The number of carbonyl (C=O) groups is 1. The van der Waals surface area contributed by atoms with Gasteiger partial charge in [0, 0.05) is 18.7 Å². The monoisotopic (exact) mass is 251 g/mol. The Bertz CT molecular complexity index is 427. The predicted molar refractivity (Wildman–Crippen MR) is 66.3 cm³/mol. The first-order valence-corrected chi connectivity index (χ1v) is 5.85. The molecule has 5 heteroatoms. The molecule has 1 amide bonds. The molecule has 18 heavy (non-hydrogen) atoms. The fraction of sp³-hybridized carbons (Fsp3) is 0.462. The zero-order valence-electron chi connectivity index (χ0n) is 10.6. The van der Waals surface area contributed by atoms with Crippen LogP contribution in [0.5, 0.6) is 11.5 Å². The lowest BCUT2D eigenvalue weighted by Gasteiger charge is -2.27. The second-order valence-corrected chi connectivity index (χ2v) is 3.97. The summed E-state index contributed by atoms with van der Waals surface area (Å²) in [6.45, 7) is 2.46. The van der Waals surface area contributed by atoms with E-state index in [1.54, 1.807) is 37.3 Å². The molecule has 2 rings (SSSR count). The van der Waals surface area contributed by atoms with Gasteiger partial charge in [-0.15, -0.1) is 0 Å². The Morgan fingerprint density at radius 3 is 2.44 bits per heavy atom. The summed E-state index contributed by atoms with van der Waals surface area (Å²) >= 11 is 0. The van der Waals surface area contributed by atoms with E-state index >= 15 is 0 Å². The van der Waals surface area contributed by atoms with Gasteiger partial charge in [0.05, 0.1) is 27.4 Å². The molecular formula is C13H17NO4. The molecule has 0 aliphatic carbocycles. The van der Waals surface area contributed by atoms with Gasteiger partial charge < -0.3 is 19.1 Å². The maximum Gasteiger partial charge on any atom is 0.254 e. The number of methoxy groups -OCH3 is 2. The van der Waals surface area contributed by atoms with Crippen LogP contribution in [0.2, 0.25) is 0 Å². The van der Waals surface area contributed by atoms with E-state index in [4.69, 9.17) is 14.2 Å². The number of ether oxygens (including phenoxy) is 3. The number of morpholine rings is 1. The Balaban J connectivity index is 2.19. The highest BCUT2D eigenvalue weighted by Crippen LogP contribution is 2.28. The quantitative estimate of drug-likeness (QED) is 0.809. The lowest BCUT2D eigenvalue weighted by molar-refractivity contribution is 0.0302. The van der Waals surface area contributed by atoms with Crippen molar-refractivity contribution in [3.8, 4) is 11.5 Å². The molecule has 0 radical (unpaired) electrons. The van der Waals surface area contributed by atoms with Gasteiger partial charge in [-0.25, -0.2) is 0 Å². The minimum Gasteiger partial charge on any atom is -0.493 e. The van der Waals surface area contributed by atoms with Gasteiger partial charge in [0.1, 0.15) is 0 Å². The van der Waals surface area contributed by atoms with Gasteiger partial charge in [0.2, 0.25) is 0 Å². The highest BCUT2D eigenvalue weighted by atomic mass is 16.5. The van der Waals surface area contributed by atoms with Crippen LogP contribution in [0.15, 0.2) is 18.2 Å². The largest absolute Gasteiger partial charge is 0.493 e.